The van der Waals surface area contributed by atoms with E-state index >= 15 is 0 Å². The average molecular weight is 390 g/mol. The van der Waals surface area contributed by atoms with E-state index < -0.39 is 0 Å². The number of para-hydroxylation sites is 1. The number of nitrogens with one attached hydrogen (secondary N) is 2. The highest BCUT2D eigenvalue weighted by Gasteiger charge is 2.14. The van der Waals surface area contributed by atoms with Crippen LogP contribution in [-0.4, -0.2) is 29.1 Å². The molecule has 6 nitrogen and oxygen atoms in total. The van der Waals surface area contributed by atoms with Crippen molar-refractivity contribution in [1.29, 1.82) is 0 Å². The molecule has 0 saturated carbocycles. The lowest BCUT2D eigenvalue weighted by molar-refractivity contribution is 0.0527. The van der Waals surface area contributed by atoms with Crippen LogP contribution in [0.1, 0.15) is 37.0 Å². The molecule has 2 aromatic carbocycles. The predicted octanol–water partition coefficient (Wildman–Crippen LogP) is 5.28. The number of benzene rings is 2. The smallest absolute Gasteiger partial charge is 0.340 e. The third kappa shape index (κ3) is 5.54. The number of nitrogens with zero attached hydrogens (tertiary/aromatic N) is 2. The molecule has 0 aliphatic heterocycles. The van der Waals surface area contributed by atoms with E-state index in [1.54, 1.807) is 19.1 Å². The second-order valence-electron chi connectivity index (χ2n) is 6.50. The number of aromatic nitrogens is 2. The van der Waals surface area contributed by atoms with Crippen LogP contribution < -0.4 is 10.6 Å². The zero-order valence-electron chi connectivity index (χ0n) is 16.8. The van der Waals surface area contributed by atoms with Gasteiger partial charge in [-0.2, -0.15) is 4.98 Å². The molecule has 150 valence electrons. The lowest BCUT2D eigenvalue weighted by Crippen LogP contribution is -2.10. The van der Waals surface area contributed by atoms with Gasteiger partial charge >= 0.3 is 5.97 Å². The molecule has 29 heavy (non-hydrogen) atoms. The summed E-state index contributed by atoms with van der Waals surface area (Å²) in [5, 5.41) is 6.55. The minimum Gasteiger partial charge on any atom is -0.462 e. The van der Waals surface area contributed by atoms with E-state index in [1.165, 1.54) is 0 Å². The van der Waals surface area contributed by atoms with Crippen LogP contribution in [0.2, 0.25) is 0 Å². The Hall–Kier alpha value is -3.41. The largest absolute Gasteiger partial charge is 0.462 e. The number of rotatable bonds is 9. The van der Waals surface area contributed by atoms with Gasteiger partial charge in [-0.1, -0.05) is 55.8 Å². The molecule has 0 atom stereocenters. The topological polar surface area (TPSA) is 76.1 Å². The summed E-state index contributed by atoms with van der Waals surface area (Å²) in [5.41, 5.74) is 2.85. The number of esters is 1. The highest BCUT2D eigenvalue weighted by Crippen LogP contribution is 2.25. The lowest BCUT2D eigenvalue weighted by Gasteiger charge is -2.13. The average Bonchev–Trinajstić information content (AvgIpc) is 2.75. The van der Waals surface area contributed by atoms with Crippen LogP contribution in [0, 0.1) is 0 Å². The monoisotopic (exact) mass is 390 g/mol. The summed E-state index contributed by atoms with van der Waals surface area (Å²) >= 11 is 0. The molecule has 0 radical (unpaired) electrons. The molecule has 0 aliphatic rings. The Bertz CT molecular complexity index is 945. The van der Waals surface area contributed by atoms with Crippen LogP contribution in [0.15, 0.2) is 60.7 Å². The molecular weight excluding hydrogens is 364 g/mol. The number of carbonyl (C=O) groups is 1. The Morgan fingerprint density at radius 2 is 1.76 bits per heavy atom. The second kappa shape index (κ2) is 10.2. The molecule has 2 N–H and O–H groups in total. The van der Waals surface area contributed by atoms with Gasteiger partial charge in [0.15, 0.2) is 0 Å². The quantitative estimate of drug-likeness (QED) is 0.383. The van der Waals surface area contributed by atoms with E-state index in [9.17, 15) is 4.79 Å². The van der Waals surface area contributed by atoms with Gasteiger partial charge in [0.05, 0.1) is 23.6 Å². The Kier molecular flexibility index (Phi) is 7.16. The van der Waals surface area contributed by atoms with E-state index in [-0.39, 0.29) is 5.97 Å². The highest BCUT2D eigenvalue weighted by atomic mass is 16.5. The van der Waals surface area contributed by atoms with E-state index in [1.807, 2.05) is 48.5 Å². The van der Waals surface area contributed by atoms with Gasteiger partial charge in [-0.15, -0.1) is 0 Å². The predicted molar refractivity (Wildman–Crippen MR) is 117 cm³/mol. The molecule has 1 aromatic heterocycles. The summed E-state index contributed by atoms with van der Waals surface area (Å²) in [7, 11) is 0. The number of hydrogen-bond acceptors (Lipinski definition) is 6. The van der Waals surface area contributed by atoms with Gasteiger partial charge in [-0.25, -0.2) is 9.78 Å². The number of ether oxygens (including phenoxy) is 1. The minimum absolute atomic E-state index is 0.318. The molecule has 3 aromatic rings. The highest BCUT2D eigenvalue weighted by molar-refractivity contribution is 5.96. The Balaban J connectivity index is 1.94. The Labute approximate surface area is 171 Å². The molecule has 0 saturated heterocycles. The van der Waals surface area contributed by atoms with Crippen molar-refractivity contribution in [3.8, 4) is 11.3 Å². The van der Waals surface area contributed by atoms with Crippen molar-refractivity contribution in [3.05, 3.63) is 66.2 Å². The van der Waals surface area contributed by atoms with E-state index in [4.69, 9.17) is 4.74 Å². The summed E-state index contributed by atoms with van der Waals surface area (Å²) in [6.07, 6.45) is 2.15. The van der Waals surface area contributed by atoms with E-state index in [0.717, 1.165) is 36.5 Å². The van der Waals surface area contributed by atoms with Gasteiger partial charge in [0.25, 0.3) is 0 Å². The first-order valence-electron chi connectivity index (χ1n) is 9.92. The van der Waals surface area contributed by atoms with Crippen LogP contribution in [0.25, 0.3) is 11.3 Å². The summed E-state index contributed by atoms with van der Waals surface area (Å²) in [4.78, 5) is 21.5. The number of unbranched alkanes of at least 4 members (excludes halogenated alkanes) is 1. The molecule has 0 amide bonds. The van der Waals surface area contributed by atoms with Crippen LogP contribution in [-0.2, 0) is 4.74 Å². The fourth-order valence-corrected chi connectivity index (χ4v) is 2.84. The van der Waals surface area contributed by atoms with Crippen molar-refractivity contribution in [2.45, 2.75) is 26.7 Å². The van der Waals surface area contributed by atoms with Crippen LogP contribution in [0.3, 0.4) is 0 Å². The van der Waals surface area contributed by atoms with Gasteiger partial charge in [0, 0.05) is 18.2 Å². The van der Waals surface area contributed by atoms with E-state index in [2.05, 4.69) is 27.5 Å². The molecule has 0 spiro atoms. The summed E-state index contributed by atoms with van der Waals surface area (Å²) < 4.78 is 5.16. The Morgan fingerprint density at radius 3 is 2.52 bits per heavy atom. The molecule has 0 unspecified atom stereocenters. The Morgan fingerprint density at radius 1 is 1.00 bits per heavy atom. The first kappa shape index (κ1) is 20.3. The van der Waals surface area contributed by atoms with Crippen LogP contribution >= 0.6 is 0 Å². The normalized spacial score (nSPS) is 10.4. The molecule has 0 fully saturated rings. The fraction of sp³-hybridized carbons (Fsp3) is 0.261. The minimum atomic E-state index is -0.379. The first-order valence-corrected chi connectivity index (χ1v) is 9.92. The molecule has 3 rings (SSSR count). The third-order valence-electron chi connectivity index (χ3n) is 4.30. The number of hydrogen-bond donors (Lipinski definition) is 2. The lowest BCUT2D eigenvalue weighted by atomic mass is 10.1. The maximum atomic E-state index is 12.3. The van der Waals surface area contributed by atoms with Crippen molar-refractivity contribution in [1.82, 2.24) is 9.97 Å². The van der Waals surface area contributed by atoms with Crippen LogP contribution in [0.5, 0.6) is 0 Å². The number of carbonyl (C=O) groups excluding carboxylic acids is 1. The van der Waals surface area contributed by atoms with Crippen molar-refractivity contribution < 1.29 is 9.53 Å². The van der Waals surface area contributed by atoms with Crippen molar-refractivity contribution >= 4 is 23.4 Å². The molecular formula is C23H26N4O2. The van der Waals surface area contributed by atoms with Crippen molar-refractivity contribution in [2.24, 2.45) is 0 Å². The standard InChI is InChI=1S/C23H26N4O2/c1-3-5-15-24-21-16-20(17-11-7-6-8-12-17)26-23(27-21)25-19-14-10-9-13-18(19)22(28)29-4-2/h6-14,16H,3-5,15H2,1-2H3,(H2,24,25,26,27). The van der Waals surface area contributed by atoms with Crippen molar-refractivity contribution in [3.63, 3.8) is 0 Å². The zero-order chi connectivity index (χ0) is 20.5. The summed E-state index contributed by atoms with van der Waals surface area (Å²) in [5.74, 6) is 0.779. The maximum Gasteiger partial charge on any atom is 0.340 e. The SMILES string of the molecule is CCCCNc1cc(-c2ccccc2)nc(Nc2ccccc2C(=O)OCC)n1. The van der Waals surface area contributed by atoms with Gasteiger partial charge in [-0.05, 0) is 25.5 Å². The van der Waals surface area contributed by atoms with E-state index in [0.29, 0.717) is 23.8 Å². The number of anilines is 3. The molecule has 1 heterocycles. The van der Waals surface area contributed by atoms with Crippen LogP contribution in [0.4, 0.5) is 17.5 Å². The fourth-order valence-electron chi connectivity index (χ4n) is 2.84. The van der Waals surface area contributed by atoms with Crippen molar-refractivity contribution in [2.75, 3.05) is 23.8 Å². The maximum absolute atomic E-state index is 12.3. The zero-order valence-corrected chi connectivity index (χ0v) is 16.8. The second-order valence-corrected chi connectivity index (χ2v) is 6.50. The van der Waals surface area contributed by atoms with Gasteiger partial charge in [-0.3, -0.25) is 0 Å². The van der Waals surface area contributed by atoms with Gasteiger partial charge in [0.1, 0.15) is 5.82 Å². The molecule has 0 aliphatic carbocycles. The molecule has 6 heteroatoms. The summed E-state index contributed by atoms with van der Waals surface area (Å²) in [6, 6.07) is 19.1. The third-order valence-corrected chi connectivity index (χ3v) is 4.30. The van der Waals surface area contributed by atoms with Gasteiger partial charge < -0.3 is 15.4 Å². The van der Waals surface area contributed by atoms with Gasteiger partial charge in [0.2, 0.25) is 5.95 Å². The first-order chi connectivity index (χ1) is 14.2. The summed E-state index contributed by atoms with van der Waals surface area (Å²) in [6.45, 7) is 5.09. The molecule has 0 bridgehead atoms.